The number of furan rings is 1. The fourth-order valence-electron chi connectivity index (χ4n) is 1.74. The van der Waals surface area contributed by atoms with Gasteiger partial charge in [0.15, 0.2) is 4.67 Å². The monoisotopic (exact) mass is 361 g/mol. The molecule has 0 aliphatic heterocycles. The van der Waals surface area contributed by atoms with Crippen LogP contribution in [0.4, 0.5) is 0 Å². The van der Waals surface area contributed by atoms with Crippen LogP contribution in [0.15, 0.2) is 25.7 Å². The molecule has 0 saturated heterocycles. The largest absolute Gasteiger partial charge is 0.453 e. The molecular weight excluding hydrogens is 350 g/mol. The van der Waals surface area contributed by atoms with Gasteiger partial charge in [0.05, 0.1) is 21.9 Å². The third kappa shape index (κ3) is 2.64. The molecule has 6 heteroatoms. The van der Waals surface area contributed by atoms with Crippen LogP contribution < -0.4 is 5.73 Å². The molecule has 0 fully saturated rings. The number of hydrogen-bond acceptors (Lipinski definition) is 3. The van der Waals surface area contributed by atoms with Gasteiger partial charge in [-0.05, 0) is 50.9 Å². The predicted octanol–water partition coefficient (Wildman–Crippen LogP) is 3.09. The Morgan fingerprint density at radius 1 is 1.47 bits per heavy atom. The highest BCUT2D eigenvalue weighted by Crippen LogP contribution is 2.26. The normalized spacial score (nSPS) is 13.0. The molecule has 1 atom stereocenters. The first-order valence-electron chi connectivity index (χ1n) is 5.18. The summed E-state index contributed by atoms with van der Waals surface area (Å²) in [7, 11) is 1.91. The lowest BCUT2D eigenvalue weighted by atomic mass is 10.1. The quantitative estimate of drug-likeness (QED) is 0.912. The van der Waals surface area contributed by atoms with Gasteiger partial charge in [0, 0.05) is 13.5 Å². The van der Waals surface area contributed by atoms with Crippen molar-refractivity contribution in [3.8, 4) is 0 Å². The summed E-state index contributed by atoms with van der Waals surface area (Å²) in [5, 5.41) is 4.34. The number of rotatable bonds is 3. The van der Waals surface area contributed by atoms with Gasteiger partial charge in [-0.1, -0.05) is 0 Å². The third-order valence-electron chi connectivity index (χ3n) is 2.63. The van der Waals surface area contributed by atoms with Crippen LogP contribution in [0, 0.1) is 6.92 Å². The first-order valence-corrected chi connectivity index (χ1v) is 6.76. The van der Waals surface area contributed by atoms with Crippen LogP contribution in [0.25, 0.3) is 0 Å². The van der Waals surface area contributed by atoms with E-state index >= 15 is 0 Å². The fourth-order valence-corrected chi connectivity index (χ4v) is 2.56. The van der Waals surface area contributed by atoms with E-state index in [1.54, 1.807) is 0 Å². The molecule has 0 aliphatic rings. The molecule has 2 N–H and O–H groups in total. The number of aryl methyl sites for hydroxylation is 2. The zero-order valence-electron chi connectivity index (χ0n) is 9.58. The number of halogens is 2. The van der Waals surface area contributed by atoms with Gasteiger partial charge in [-0.3, -0.25) is 4.68 Å². The van der Waals surface area contributed by atoms with Gasteiger partial charge >= 0.3 is 0 Å². The molecule has 0 spiro atoms. The lowest BCUT2D eigenvalue weighted by Crippen LogP contribution is -2.15. The topological polar surface area (TPSA) is 57.0 Å². The smallest absolute Gasteiger partial charge is 0.169 e. The van der Waals surface area contributed by atoms with E-state index in [0.29, 0.717) is 11.1 Å². The lowest BCUT2D eigenvalue weighted by Gasteiger charge is -2.09. The van der Waals surface area contributed by atoms with Crippen LogP contribution in [0.1, 0.15) is 23.2 Å². The molecule has 2 aromatic rings. The summed E-state index contributed by atoms with van der Waals surface area (Å²) >= 11 is 6.80. The Morgan fingerprint density at radius 3 is 2.65 bits per heavy atom. The molecule has 0 radical (unpaired) electrons. The van der Waals surface area contributed by atoms with Gasteiger partial charge in [0.25, 0.3) is 0 Å². The minimum Gasteiger partial charge on any atom is -0.453 e. The van der Waals surface area contributed by atoms with Crippen molar-refractivity contribution < 1.29 is 4.42 Å². The number of aromatic nitrogens is 2. The van der Waals surface area contributed by atoms with Crippen LogP contribution in [-0.2, 0) is 13.5 Å². The molecular formula is C11H13Br2N3O. The van der Waals surface area contributed by atoms with Crippen molar-refractivity contribution >= 4 is 31.9 Å². The van der Waals surface area contributed by atoms with Gasteiger partial charge in [-0.25, -0.2) is 0 Å². The Balaban J connectivity index is 2.21. The Hall–Kier alpha value is -0.590. The minimum atomic E-state index is -0.174. The molecule has 0 amide bonds. The molecule has 0 saturated carbocycles. The van der Waals surface area contributed by atoms with E-state index in [4.69, 9.17) is 10.2 Å². The van der Waals surface area contributed by atoms with Gasteiger partial charge in [0.1, 0.15) is 5.76 Å². The van der Waals surface area contributed by atoms with Crippen LogP contribution in [0.3, 0.4) is 0 Å². The summed E-state index contributed by atoms with van der Waals surface area (Å²) in [6.45, 7) is 1.96. The van der Waals surface area contributed by atoms with Crippen LogP contribution >= 0.6 is 31.9 Å². The summed E-state index contributed by atoms with van der Waals surface area (Å²) in [4.78, 5) is 0. The van der Waals surface area contributed by atoms with E-state index in [1.165, 1.54) is 0 Å². The molecule has 92 valence electrons. The maximum absolute atomic E-state index is 6.11. The van der Waals surface area contributed by atoms with Crippen molar-refractivity contribution in [1.82, 2.24) is 9.78 Å². The Kier molecular flexibility index (Phi) is 3.75. The molecule has 0 bridgehead atoms. The van der Waals surface area contributed by atoms with Crippen molar-refractivity contribution in [2.75, 3.05) is 0 Å². The fraction of sp³-hybridized carbons (Fsp3) is 0.364. The Bertz CT molecular complexity index is 533. The maximum Gasteiger partial charge on any atom is 0.169 e. The van der Waals surface area contributed by atoms with E-state index in [9.17, 15) is 0 Å². The van der Waals surface area contributed by atoms with E-state index < -0.39 is 0 Å². The predicted molar refractivity (Wildman–Crippen MR) is 72.7 cm³/mol. The highest BCUT2D eigenvalue weighted by Gasteiger charge is 2.17. The summed E-state index contributed by atoms with van der Waals surface area (Å²) in [5.41, 5.74) is 8.15. The van der Waals surface area contributed by atoms with Crippen LogP contribution in [-0.4, -0.2) is 9.78 Å². The second-order valence-electron chi connectivity index (χ2n) is 3.92. The van der Waals surface area contributed by atoms with Gasteiger partial charge < -0.3 is 10.2 Å². The zero-order valence-corrected chi connectivity index (χ0v) is 12.7. The van der Waals surface area contributed by atoms with Gasteiger partial charge in [-0.15, -0.1) is 0 Å². The highest BCUT2D eigenvalue weighted by atomic mass is 79.9. The van der Waals surface area contributed by atoms with Crippen LogP contribution in [0.5, 0.6) is 0 Å². The summed E-state index contributed by atoms with van der Waals surface area (Å²) in [6.07, 6.45) is 0.678. The molecule has 2 aromatic heterocycles. The Labute approximate surface area is 116 Å². The summed E-state index contributed by atoms with van der Waals surface area (Å²) in [5.74, 6) is 0.766. The van der Waals surface area contributed by atoms with E-state index in [1.807, 2.05) is 30.8 Å². The number of nitrogens with zero attached hydrogens (tertiary/aromatic N) is 2. The Morgan fingerprint density at radius 2 is 2.18 bits per heavy atom. The van der Waals surface area contributed by atoms with Crippen molar-refractivity contribution in [3.63, 3.8) is 0 Å². The second-order valence-corrected chi connectivity index (χ2v) is 5.50. The van der Waals surface area contributed by atoms with Crippen molar-refractivity contribution in [2.24, 2.45) is 12.8 Å². The zero-order chi connectivity index (χ0) is 12.6. The molecule has 2 heterocycles. The number of hydrogen-bond donors (Lipinski definition) is 1. The first kappa shape index (κ1) is 12.9. The summed E-state index contributed by atoms with van der Waals surface area (Å²) in [6, 6.07) is 3.55. The van der Waals surface area contributed by atoms with E-state index in [2.05, 4.69) is 37.0 Å². The lowest BCUT2D eigenvalue weighted by molar-refractivity contribution is 0.443. The summed E-state index contributed by atoms with van der Waals surface area (Å²) < 4.78 is 9.01. The average molecular weight is 363 g/mol. The van der Waals surface area contributed by atoms with E-state index in [0.717, 1.165) is 21.6 Å². The number of nitrogens with two attached hydrogens (primary N) is 1. The van der Waals surface area contributed by atoms with E-state index in [-0.39, 0.29) is 6.04 Å². The molecule has 2 rings (SSSR count). The highest BCUT2D eigenvalue weighted by molar-refractivity contribution is 9.10. The SMILES string of the molecule is Cc1nn(C)c(CC(N)c2ccc(Br)o2)c1Br. The first-order chi connectivity index (χ1) is 7.99. The molecule has 0 aliphatic carbocycles. The maximum atomic E-state index is 6.11. The van der Waals surface area contributed by atoms with Crippen molar-refractivity contribution in [2.45, 2.75) is 19.4 Å². The van der Waals surface area contributed by atoms with Crippen molar-refractivity contribution in [1.29, 1.82) is 0 Å². The molecule has 0 aromatic carbocycles. The minimum absolute atomic E-state index is 0.174. The van der Waals surface area contributed by atoms with Crippen molar-refractivity contribution in [3.05, 3.63) is 38.4 Å². The molecule has 1 unspecified atom stereocenters. The molecule has 17 heavy (non-hydrogen) atoms. The van der Waals surface area contributed by atoms with Gasteiger partial charge in [0.2, 0.25) is 0 Å². The standard InChI is InChI=1S/C11H13Br2N3O/c1-6-11(13)8(16(2)15-6)5-7(14)9-3-4-10(12)17-9/h3-4,7H,5,14H2,1-2H3. The second kappa shape index (κ2) is 4.96. The third-order valence-corrected chi connectivity index (χ3v) is 4.09. The average Bonchev–Trinajstić information content (AvgIpc) is 2.79. The van der Waals surface area contributed by atoms with Gasteiger partial charge in [-0.2, -0.15) is 5.10 Å². The molecule has 4 nitrogen and oxygen atoms in total. The van der Waals surface area contributed by atoms with Crippen LogP contribution in [0.2, 0.25) is 0 Å².